The predicted molar refractivity (Wildman–Crippen MR) is 169 cm³/mol. The van der Waals surface area contributed by atoms with Crippen molar-refractivity contribution in [3.8, 4) is 0 Å². The number of allylic oxidation sites excluding steroid dienone is 6. The van der Waals surface area contributed by atoms with Crippen LogP contribution in [0, 0.1) is 11.8 Å². The fraction of sp³-hybridized carbons (Fsp3) is 0.686. The number of unbranched alkanes of at least 4 members (excludes halogenated alkanes) is 3. The molecule has 0 heterocycles. The molecule has 0 aliphatic heterocycles. The molecule has 3 heteroatoms. The highest BCUT2D eigenvalue weighted by molar-refractivity contribution is 6.02. The average molecular weight is 531 g/mol. The van der Waals surface area contributed by atoms with E-state index < -0.39 is 0 Å². The third-order valence-electron chi connectivity index (χ3n) is 6.66. The van der Waals surface area contributed by atoms with Crippen molar-refractivity contribution >= 4 is 17.3 Å². The van der Waals surface area contributed by atoms with E-state index in [0.717, 1.165) is 44.1 Å². The van der Waals surface area contributed by atoms with Gasteiger partial charge in [0.1, 0.15) is 11.6 Å². The van der Waals surface area contributed by atoms with E-state index in [4.69, 9.17) is 0 Å². The molecule has 1 fully saturated rings. The summed E-state index contributed by atoms with van der Waals surface area (Å²) in [5, 5.41) is 0. The van der Waals surface area contributed by atoms with Crippen molar-refractivity contribution < 1.29 is 14.4 Å². The van der Waals surface area contributed by atoms with E-state index >= 15 is 0 Å². The largest absolute Gasteiger partial charge is 0.300 e. The fourth-order valence-corrected chi connectivity index (χ4v) is 4.21. The van der Waals surface area contributed by atoms with Gasteiger partial charge < -0.3 is 9.59 Å². The molecule has 3 nitrogen and oxygen atoms in total. The Kier molecular flexibility index (Phi) is 29.8. The number of ketones is 3. The van der Waals surface area contributed by atoms with Gasteiger partial charge in [0.2, 0.25) is 0 Å². The Balaban J connectivity index is -0.000000634. The SMILES string of the molecule is C=CC(C)C(=O)C(=C/CCCC)/C(CC)=C(\C)C1CCCC1.C=CCC.CC.CC(=O)CCCCC(C)=O. The number of carbonyl (C=O) groups excluding carboxylic acids is 3. The summed E-state index contributed by atoms with van der Waals surface area (Å²) in [5.41, 5.74) is 3.75. The average Bonchev–Trinajstić information content (AvgIpc) is 3.46. The minimum absolute atomic E-state index is 0.0918. The van der Waals surface area contributed by atoms with Crippen LogP contribution in [-0.2, 0) is 14.4 Å². The summed E-state index contributed by atoms with van der Waals surface area (Å²) in [6.07, 6.45) is 19.4. The zero-order valence-electron chi connectivity index (χ0n) is 26.7. The standard InChI is InChI=1S/C21H34O.C8H14O2.C4H8.C2H6/c1-6-9-10-15-20(21(22)16(4)7-2)19(8-3)17(5)18-13-11-12-14-18;1-7(9)5-3-4-6-8(2)10;1-3-4-2;1-2/h7,15-16,18H,2,6,8-14H2,1,3-5H3;3-6H2,1-2H3;3H,1,4H2,2H3;1-2H3/b19-17+,20-15+;;;. The first kappa shape index (κ1) is 40.5. The van der Waals surface area contributed by atoms with Crippen LogP contribution in [-0.4, -0.2) is 17.3 Å². The Morgan fingerprint density at radius 3 is 1.68 bits per heavy atom. The molecule has 1 saturated carbocycles. The number of hydrogen-bond donors (Lipinski definition) is 0. The third-order valence-corrected chi connectivity index (χ3v) is 6.66. The topological polar surface area (TPSA) is 51.2 Å². The lowest BCUT2D eigenvalue weighted by Crippen LogP contribution is -2.15. The minimum Gasteiger partial charge on any atom is -0.300 e. The van der Waals surface area contributed by atoms with Crippen LogP contribution in [0.2, 0.25) is 0 Å². The first-order valence-corrected chi connectivity index (χ1v) is 15.3. The van der Waals surface area contributed by atoms with Crippen LogP contribution in [0.25, 0.3) is 0 Å². The van der Waals surface area contributed by atoms with Crippen LogP contribution in [0.15, 0.2) is 48.1 Å². The van der Waals surface area contributed by atoms with Crippen molar-refractivity contribution in [3.63, 3.8) is 0 Å². The second kappa shape index (κ2) is 28.0. The first-order chi connectivity index (χ1) is 18.1. The van der Waals surface area contributed by atoms with Gasteiger partial charge >= 0.3 is 0 Å². The van der Waals surface area contributed by atoms with E-state index in [1.54, 1.807) is 19.9 Å². The number of hydrogen-bond acceptors (Lipinski definition) is 3. The van der Waals surface area contributed by atoms with Gasteiger partial charge in [-0.1, -0.05) is 91.0 Å². The summed E-state index contributed by atoms with van der Waals surface area (Å²) in [4.78, 5) is 33.6. The zero-order valence-corrected chi connectivity index (χ0v) is 26.7. The quantitative estimate of drug-likeness (QED) is 0.0915. The second-order valence-corrected chi connectivity index (χ2v) is 9.95. The van der Waals surface area contributed by atoms with E-state index in [9.17, 15) is 14.4 Å². The Morgan fingerprint density at radius 2 is 1.34 bits per heavy atom. The second-order valence-electron chi connectivity index (χ2n) is 9.95. The Labute approximate surface area is 237 Å². The molecule has 0 radical (unpaired) electrons. The van der Waals surface area contributed by atoms with E-state index in [-0.39, 0.29) is 23.3 Å². The van der Waals surface area contributed by atoms with Gasteiger partial charge in [-0.25, -0.2) is 0 Å². The van der Waals surface area contributed by atoms with Crippen molar-refractivity contribution in [2.75, 3.05) is 0 Å². The van der Waals surface area contributed by atoms with Crippen LogP contribution in [0.4, 0.5) is 0 Å². The molecule has 1 rings (SSSR count). The van der Waals surface area contributed by atoms with Crippen LogP contribution in [0.1, 0.15) is 146 Å². The normalized spacial score (nSPS) is 14.3. The number of rotatable bonds is 15. The number of Topliss-reactive ketones (excluding diaryl/α,β-unsaturated/α-hetero) is 3. The molecule has 1 atom stereocenters. The lowest BCUT2D eigenvalue weighted by atomic mass is 9.84. The Morgan fingerprint density at radius 1 is 0.868 bits per heavy atom. The highest BCUT2D eigenvalue weighted by atomic mass is 16.1. The molecule has 220 valence electrons. The Hall–Kier alpha value is -2.03. The molecule has 1 unspecified atom stereocenters. The smallest absolute Gasteiger partial charge is 0.169 e. The maximum absolute atomic E-state index is 12.8. The van der Waals surface area contributed by atoms with E-state index in [2.05, 4.69) is 46.9 Å². The van der Waals surface area contributed by atoms with Gasteiger partial charge in [-0.2, -0.15) is 0 Å². The summed E-state index contributed by atoms with van der Waals surface area (Å²) < 4.78 is 0. The summed E-state index contributed by atoms with van der Waals surface area (Å²) in [7, 11) is 0. The molecule has 1 aliphatic rings. The Bertz CT molecular complexity index is 701. The molecule has 0 amide bonds. The van der Waals surface area contributed by atoms with Gasteiger partial charge in [0.05, 0.1) is 0 Å². The van der Waals surface area contributed by atoms with Crippen molar-refractivity contribution in [1.82, 2.24) is 0 Å². The fourth-order valence-electron chi connectivity index (χ4n) is 4.21. The van der Waals surface area contributed by atoms with Gasteiger partial charge in [-0.05, 0) is 77.2 Å². The van der Waals surface area contributed by atoms with Crippen LogP contribution in [0.3, 0.4) is 0 Å². The zero-order chi connectivity index (χ0) is 29.9. The summed E-state index contributed by atoms with van der Waals surface area (Å²) in [6, 6.07) is 0. The van der Waals surface area contributed by atoms with Gasteiger partial charge in [-0.3, -0.25) is 4.79 Å². The molecular weight excluding hydrogens is 468 g/mol. The van der Waals surface area contributed by atoms with Gasteiger partial charge in [-0.15, -0.1) is 13.2 Å². The monoisotopic (exact) mass is 530 g/mol. The first-order valence-electron chi connectivity index (χ1n) is 15.3. The minimum atomic E-state index is -0.0918. The third kappa shape index (κ3) is 21.0. The highest BCUT2D eigenvalue weighted by Crippen LogP contribution is 2.36. The summed E-state index contributed by atoms with van der Waals surface area (Å²) in [6.45, 7) is 25.1. The molecule has 38 heavy (non-hydrogen) atoms. The molecule has 0 aromatic rings. The van der Waals surface area contributed by atoms with Gasteiger partial charge in [0.25, 0.3) is 0 Å². The molecule has 0 saturated heterocycles. The molecular formula is C35H62O3. The van der Waals surface area contributed by atoms with Gasteiger partial charge in [0, 0.05) is 24.3 Å². The van der Waals surface area contributed by atoms with Crippen LogP contribution < -0.4 is 0 Å². The van der Waals surface area contributed by atoms with Gasteiger partial charge in [0.15, 0.2) is 5.78 Å². The molecule has 1 aliphatic carbocycles. The van der Waals surface area contributed by atoms with E-state index in [0.29, 0.717) is 18.8 Å². The van der Waals surface area contributed by atoms with E-state index in [1.165, 1.54) is 43.3 Å². The molecule has 0 spiro atoms. The van der Waals surface area contributed by atoms with Crippen molar-refractivity contribution in [2.24, 2.45) is 11.8 Å². The molecule has 0 bridgehead atoms. The van der Waals surface area contributed by atoms with Crippen molar-refractivity contribution in [1.29, 1.82) is 0 Å². The lowest BCUT2D eigenvalue weighted by Gasteiger charge is -2.20. The maximum Gasteiger partial charge on any atom is 0.169 e. The maximum atomic E-state index is 12.8. The molecule has 0 aromatic heterocycles. The van der Waals surface area contributed by atoms with Crippen molar-refractivity contribution in [3.05, 3.63) is 48.1 Å². The summed E-state index contributed by atoms with van der Waals surface area (Å²) in [5.74, 6) is 1.27. The number of carbonyl (C=O) groups is 3. The van der Waals surface area contributed by atoms with Crippen LogP contribution >= 0.6 is 0 Å². The van der Waals surface area contributed by atoms with Crippen LogP contribution in [0.5, 0.6) is 0 Å². The molecule has 0 N–H and O–H groups in total. The predicted octanol–water partition coefficient (Wildman–Crippen LogP) is 10.7. The highest BCUT2D eigenvalue weighted by Gasteiger charge is 2.24. The molecule has 0 aromatic carbocycles. The lowest BCUT2D eigenvalue weighted by molar-refractivity contribution is -0.118. The van der Waals surface area contributed by atoms with E-state index in [1.807, 2.05) is 26.8 Å². The van der Waals surface area contributed by atoms with Crippen molar-refractivity contribution in [2.45, 2.75) is 146 Å². The summed E-state index contributed by atoms with van der Waals surface area (Å²) >= 11 is 0.